The van der Waals surface area contributed by atoms with Gasteiger partial charge in [-0.15, -0.1) is 0 Å². The zero-order chi connectivity index (χ0) is 16.0. The number of nitrogens with one attached hydrogen (secondary N) is 1. The van der Waals surface area contributed by atoms with Crippen LogP contribution in [-0.4, -0.2) is 24.9 Å². The standard InChI is InChI=1S/C14H10ClN5O/c1-20(2)14(21)11-4-3-10(15)5-12(11)19-13(8-18)9(6-16)7-17/h3-5,19H,1-2H3. The van der Waals surface area contributed by atoms with Crippen molar-refractivity contribution in [2.45, 2.75) is 0 Å². The molecule has 0 aliphatic rings. The van der Waals surface area contributed by atoms with Crippen LogP contribution < -0.4 is 5.32 Å². The Labute approximate surface area is 127 Å². The Hall–Kier alpha value is -3.01. The molecule has 0 radical (unpaired) electrons. The van der Waals surface area contributed by atoms with Crippen molar-refractivity contribution in [3.63, 3.8) is 0 Å². The third-order valence-electron chi connectivity index (χ3n) is 2.46. The number of rotatable bonds is 3. The summed E-state index contributed by atoms with van der Waals surface area (Å²) in [5.74, 6) is -0.304. The highest BCUT2D eigenvalue weighted by atomic mass is 35.5. The first-order valence-corrected chi connectivity index (χ1v) is 6.05. The SMILES string of the molecule is CN(C)C(=O)c1ccc(Cl)cc1NC(C#N)=C(C#N)C#N. The smallest absolute Gasteiger partial charge is 0.255 e. The van der Waals surface area contributed by atoms with Gasteiger partial charge in [-0.25, -0.2) is 0 Å². The minimum Gasteiger partial charge on any atom is -0.345 e. The van der Waals surface area contributed by atoms with Crippen molar-refractivity contribution in [2.75, 3.05) is 19.4 Å². The van der Waals surface area contributed by atoms with Crippen LogP contribution in [0.4, 0.5) is 5.69 Å². The third-order valence-corrected chi connectivity index (χ3v) is 2.70. The maximum Gasteiger partial charge on any atom is 0.255 e. The molecule has 1 rings (SSSR count). The number of benzene rings is 1. The second-order valence-electron chi connectivity index (χ2n) is 4.10. The van der Waals surface area contributed by atoms with Crippen LogP contribution >= 0.6 is 11.6 Å². The van der Waals surface area contributed by atoms with E-state index in [-0.39, 0.29) is 28.4 Å². The topological polar surface area (TPSA) is 104 Å². The van der Waals surface area contributed by atoms with Crippen LogP contribution in [0.1, 0.15) is 10.4 Å². The Morgan fingerprint density at radius 2 is 1.81 bits per heavy atom. The van der Waals surface area contributed by atoms with E-state index in [1.807, 2.05) is 0 Å². The van der Waals surface area contributed by atoms with Gasteiger partial charge < -0.3 is 10.2 Å². The minimum absolute atomic E-state index is 0.241. The van der Waals surface area contributed by atoms with E-state index >= 15 is 0 Å². The maximum atomic E-state index is 12.1. The highest BCUT2D eigenvalue weighted by Gasteiger charge is 2.16. The summed E-state index contributed by atoms with van der Waals surface area (Å²) in [6, 6.07) is 9.43. The predicted octanol–water partition coefficient (Wildman–Crippen LogP) is 2.28. The molecule has 0 unspecified atom stereocenters. The summed E-state index contributed by atoms with van der Waals surface area (Å²) in [5, 5.41) is 29.6. The maximum absolute atomic E-state index is 12.1. The van der Waals surface area contributed by atoms with Gasteiger partial charge in [0, 0.05) is 19.1 Å². The van der Waals surface area contributed by atoms with Crippen molar-refractivity contribution < 1.29 is 4.79 Å². The van der Waals surface area contributed by atoms with Crippen LogP contribution in [0.3, 0.4) is 0 Å². The van der Waals surface area contributed by atoms with Gasteiger partial charge in [-0.05, 0) is 18.2 Å². The van der Waals surface area contributed by atoms with E-state index in [0.717, 1.165) is 0 Å². The second-order valence-corrected chi connectivity index (χ2v) is 4.54. The van der Waals surface area contributed by atoms with Gasteiger partial charge >= 0.3 is 0 Å². The highest BCUT2D eigenvalue weighted by Crippen LogP contribution is 2.24. The van der Waals surface area contributed by atoms with Crippen molar-refractivity contribution in [3.05, 3.63) is 40.1 Å². The molecule has 0 saturated carbocycles. The molecule has 104 valence electrons. The van der Waals surface area contributed by atoms with Gasteiger partial charge in [0.2, 0.25) is 0 Å². The lowest BCUT2D eigenvalue weighted by Crippen LogP contribution is -2.23. The van der Waals surface area contributed by atoms with E-state index < -0.39 is 0 Å². The molecule has 1 amide bonds. The fraction of sp³-hybridized carbons (Fsp3) is 0.143. The van der Waals surface area contributed by atoms with E-state index in [2.05, 4.69) is 5.32 Å². The van der Waals surface area contributed by atoms with Gasteiger partial charge in [0.25, 0.3) is 5.91 Å². The van der Waals surface area contributed by atoms with Crippen LogP contribution in [0.25, 0.3) is 0 Å². The first kappa shape index (κ1) is 16.0. The molecule has 0 saturated heterocycles. The summed E-state index contributed by atoms with van der Waals surface area (Å²) in [6.07, 6.45) is 0. The fourth-order valence-corrected chi connectivity index (χ4v) is 1.64. The molecule has 0 fully saturated rings. The van der Waals surface area contributed by atoms with Gasteiger partial charge in [0.1, 0.15) is 23.9 Å². The molecule has 0 aromatic heterocycles. The summed E-state index contributed by atoms with van der Waals surface area (Å²) in [7, 11) is 3.16. The normalized spacial score (nSPS) is 8.76. The van der Waals surface area contributed by atoms with Gasteiger partial charge in [-0.2, -0.15) is 15.8 Å². The summed E-state index contributed by atoms with van der Waals surface area (Å²) >= 11 is 5.88. The Kier molecular flexibility index (Phi) is 5.31. The predicted molar refractivity (Wildman–Crippen MR) is 77.0 cm³/mol. The Balaban J connectivity index is 3.39. The van der Waals surface area contributed by atoms with Crippen molar-refractivity contribution in [2.24, 2.45) is 0 Å². The number of nitrogens with zero attached hydrogens (tertiary/aromatic N) is 4. The molecule has 1 aromatic carbocycles. The van der Waals surface area contributed by atoms with E-state index in [1.54, 1.807) is 32.3 Å². The number of nitriles is 3. The molecule has 21 heavy (non-hydrogen) atoms. The zero-order valence-electron chi connectivity index (χ0n) is 11.3. The largest absolute Gasteiger partial charge is 0.345 e. The summed E-state index contributed by atoms with van der Waals surface area (Å²) in [6.45, 7) is 0. The molecular weight excluding hydrogens is 290 g/mol. The number of allylic oxidation sites excluding steroid dienone is 2. The van der Waals surface area contributed by atoms with Crippen molar-refractivity contribution in [1.29, 1.82) is 15.8 Å². The number of carbonyl (C=O) groups excluding carboxylic acids is 1. The number of amides is 1. The molecule has 1 aromatic rings. The first-order valence-electron chi connectivity index (χ1n) is 5.67. The van der Waals surface area contributed by atoms with Crippen LogP contribution in [0.5, 0.6) is 0 Å². The van der Waals surface area contributed by atoms with Crippen LogP contribution in [-0.2, 0) is 0 Å². The lowest BCUT2D eigenvalue weighted by atomic mass is 10.1. The molecule has 0 bridgehead atoms. The number of hydrogen-bond donors (Lipinski definition) is 1. The van der Waals surface area contributed by atoms with E-state index in [9.17, 15) is 4.79 Å². The summed E-state index contributed by atoms with van der Waals surface area (Å²) < 4.78 is 0. The fourth-order valence-electron chi connectivity index (χ4n) is 1.47. The third kappa shape index (κ3) is 3.73. The second kappa shape index (κ2) is 6.96. The van der Waals surface area contributed by atoms with E-state index in [0.29, 0.717) is 5.02 Å². The minimum atomic E-state index is -0.374. The first-order chi connectivity index (χ1) is 9.94. The van der Waals surface area contributed by atoms with Crippen LogP contribution in [0.15, 0.2) is 29.5 Å². The average Bonchev–Trinajstić information content (AvgIpc) is 2.46. The monoisotopic (exact) mass is 299 g/mol. The Morgan fingerprint density at radius 1 is 1.19 bits per heavy atom. The summed E-state index contributed by atoms with van der Waals surface area (Å²) in [4.78, 5) is 13.4. The van der Waals surface area contributed by atoms with E-state index in [1.165, 1.54) is 23.1 Å². The molecule has 0 aliphatic heterocycles. The van der Waals surface area contributed by atoms with Crippen molar-refractivity contribution in [1.82, 2.24) is 4.90 Å². The van der Waals surface area contributed by atoms with Crippen molar-refractivity contribution >= 4 is 23.2 Å². The zero-order valence-corrected chi connectivity index (χ0v) is 12.1. The lowest BCUT2D eigenvalue weighted by molar-refractivity contribution is 0.0828. The average molecular weight is 300 g/mol. The van der Waals surface area contributed by atoms with Crippen molar-refractivity contribution in [3.8, 4) is 18.2 Å². The van der Waals surface area contributed by atoms with E-state index in [4.69, 9.17) is 27.4 Å². The molecule has 0 aliphatic carbocycles. The quantitative estimate of drug-likeness (QED) is 0.862. The van der Waals surface area contributed by atoms with Crippen LogP contribution in [0, 0.1) is 34.0 Å². The lowest BCUT2D eigenvalue weighted by Gasteiger charge is -2.15. The van der Waals surface area contributed by atoms with Gasteiger partial charge in [0.05, 0.1) is 11.3 Å². The molecule has 0 atom stereocenters. The molecular formula is C14H10ClN5O. The summed E-state index contributed by atoms with van der Waals surface area (Å²) in [5.41, 5.74) is -0.0936. The van der Waals surface area contributed by atoms with Gasteiger partial charge in [-0.1, -0.05) is 11.6 Å². The number of halogens is 1. The van der Waals surface area contributed by atoms with Gasteiger partial charge in [-0.3, -0.25) is 4.79 Å². The number of carbonyl (C=O) groups is 1. The van der Waals surface area contributed by atoms with Gasteiger partial charge in [0.15, 0.2) is 5.57 Å². The molecule has 1 N–H and O–H groups in total. The molecule has 0 heterocycles. The number of anilines is 1. The highest BCUT2D eigenvalue weighted by molar-refractivity contribution is 6.31. The molecule has 7 heteroatoms. The van der Waals surface area contributed by atoms with Crippen LogP contribution in [0.2, 0.25) is 5.02 Å². The molecule has 0 spiro atoms. The number of hydrogen-bond acceptors (Lipinski definition) is 5. The molecule has 6 nitrogen and oxygen atoms in total. The Morgan fingerprint density at radius 3 is 2.29 bits per heavy atom. The Bertz CT molecular complexity index is 715.